The molecule has 0 aromatic carbocycles. The highest BCUT2D eigenvalue weighted by Crippen LogP contribution is 2.51. The van der Waals surface area contributed by atoms with Crippen LogP contribution in [0, 0.1) is 5.92 Å². The summed E-state index contributed by atoms with van der Waals surface area (Å²) in [5, 5.41) is 0. The zero-order valence-electron chi connectivity index (χ0n) is 9.58. The number of hydrogen-bond acceptors (Lipinski definition) is 2. The van der Waals surface area contributed by atoms with Crippen LogP contribution in [0.2, 0.25) is 0 Å². The first-order chi connectivity index (χ1) is 7.54. The molecule has 0 fully saturated rings. The smallest absolute Gasteiger partial charge is 0.359 e. The van der Waals surface area contributed by atoms with Crippen LogP contribution in [-0.4, -0.2) is 31.9 Å². The van der Waals surface area contributed by atoms with Gasteiger partial charge < -0.3 is 9.47 Å². The van der Waals surface area contributed by atoms with E-state index in [9.17, 15) is 26.3 Å². The number of methoxy groups -OCH3 is 1. The van der Waals surface area contributed by atoms with Crippen molar-refractivity contribution in [3.63, 3.8) is 0 Å². The van der Waals surface area contributed by atoms with Gasteiger partial charge in [0.25, 0.3) is 5.60 Å². The van der Waals surface area contributed by atoms with Crippen molar-refractivity contribution in [2.45, 2.75) is 38.2 Å². The molecular weight excluding hydrogens is 254 g/mol. The SMILES string of the molecule is CCC(C)C(OCOC)(C(F)(F)F)C(F)(F)F. The highest BCUT2D eigenvalue weighted by Gasteiger charge is 2.74. The normalized spacial score (nSPS) is 16.1. The zero-order chi connectivity index (χ0) is 13.9. The summed E-state index contributed by atoms with van der Waals surface area (Å²) < 4.78 is 84.5. The van der Waals surface area contributed by atoms with Gasteiger partial charge >= 0.3 is 12.4 Å². The highest BCUT2D eigenvalue weighted by molar-refractivity contribution is 4.99. The van der Waals surface area contributed by atoms with Crippen LogP contribution in [0.4, 0.5) is 26.3 Å². The minimum atomic E-state index is -5.56. The maximum atomic E-state index is 12.7. The van der Waals surface area contributed by atoms with E-state index >= 15 is 0 Å². The molecular formula is C9H14F6O2. The molecule has 0 heterocycles. The Morgan fingerprint density at radius 3 is 1.65 bits per heavy atom. The third-order valence-electron chi connectivity index (χ3n) is 2.55. The molecule has 0 radical (unpaired) electrons. The number of ether oxygens (including phenoxy) is 2. The zero-order valence-corrected chi connectivity index (χ0v) is 9.58. The first kappa shape index (κ1) is 16.5. The van der Waals surface area contributed by atoms with Gasteiger partial charge in [-0.05, 0) is 0 Å². The van der Waals surface area contributed by atoms with Crippen LogP contribution >= 0.6 is 0 Å². The van der Waals surface area contributed by atoms with Gasteiger partial charge in [0.1, 0.15) is 6.79 Å². The van der Waals surface area contributed by atoms with Gasteiger partial charge in [0.2, 0.25) is 0 Å². The Hall–Kier alpha value is -0.500. The third kappa shape index (κ3) is 3.04. The molecule has 0 aromatic rings. The van der Waals surface area contributed by atoms with Crippen molar-refractivity contribution in [1.82, 2.24) is 0 Å². The quantitative estimate of drug-likeness (QED) is 0.561. The summed E-state index contributed by atoms with van der Waals surface area (Å²) in [6.07, 6.45) is -11.4. The van der Waals surface area contributed by atoms with Crippen LogP contribution in [-0.2, 0) is 9.47 Å². The molecule has 1 atom stereocenters. The Balaban J connectivity index is 5.55. The minimum Gasteiger partial charge on any atom is -0.359 e. The highest BCUT2D eigenvalue weighted by atomic mass is 19.4. The molecule has 1 unspecified atom stereocenters. The largest absolute Gasteiger partial charge is 0.426 e. The molecule has 0 spiro atoms. The topological polar surface area (TPSA) is 18.5 Å². The Bertz CT molecular complexity index is 221. The molecule has 0 aliphatic heterocycles. The van der Waals surface area contributed by atoms with Crippen molar-refractivity contribution >= 4 is 0 Å². The van der Waals surface area contributed by atoms with E-state index in [1.807, 2.05) is 0 Å². The summed E-state index contributed by atoms with van der Waals surface area (Å²) in [5.74, 6) is -1.77. The lowest BCUT2D eigenvalue weighted by Crippen LogP contribution is -2.62. The molecule has 0 saturated carbocycles. The molecule has 0 bridgehead atoms. The van der Waals surface area contributed by atoms with E-state index in [2.05, 4.69) is 9.47 Å². The monoisotopic (exact) mass is 268 g/mol. The van der Waals surface area contributed by atoms with Crippen LogP contribution in [0.15, 0.2) is 0 Å². The van der Waals surface area contributed by atoms with E-state index in [1.165, 1.54) is 6.92 Å². The molecule has 0 amide bonds. The number of rotatable bonds is 5. The Morgan fingerprint density at radius 1 is 1.00 bits per heavy atom. The van der Waals surface area contributed by atoms with Gasteiger partial charge in [-0.2, -0.15) is 26.3 Å². The van der Waals surface area contributed by atoms with Crippen molar-refractivity contribution < 1.29 is 35.8 Å². The fourth-order valence-electron chi connectivity index (χ4n) is 1.46. The van der Waals surface area contributed by atoms with E-state index in [0.717, 1.165) is 14.0 Å². The fraction of sp³-hybridized carbons (Fsp3) is 1.00. The van der Waals surface area contributed by atoms with Crippen LogP contribution in [0.5, 0.6) is 0 Å². The molecule has 0 aromatic heterocycles. The van der Waals surface area contributed by atoms with Crippen molar-refractivity contribution in [2.75, 3.05) is 13.9 Å². The van der Waals surface area contributed by atoms with Crippen molar-refractivity contribution in [3.8, 4) is 0 Å². The summed E-state index contributed by atoms with van der Waals surface area (Å²) in [4.78, 5) is 0. The summed E-state index contributed by atoms with van der Waals surface area (Å²) in [6, 6.07) is 0. The molecule has 17 heavy (non-hydrogen) atoms. The standard InChI is InChI=1S/C9H14F6O2/c1-4-6(2)7(8(10,11)12,9(13,14)15)17-5-16-3/h6H,4-5H2,1-3H3. The second-order valence-electron chi connectivity index (χ2n) is 3.59. The van der Waals surface area contributed by atoms with E-state index in [1.54, 1.807) is 0 Å². The van der Waals surface area contributed by atoms with E-state index in [4.69, 9.17) is 0 Å². The summed E-state index contributed by atoms with van der Waals surface area (Å²) in [6.45, 7) is 0.993. The Kier molecular flexibility index (Phi) is 5.27. The predicted octanol–water partition coefficient (Wildman–Crippen LogP) is 3.52. The number of alkyl halides is 6. The van der Waals surface area contributed by atoms with Gasteiger partial charge in [0.15, 0.2) is 0 Å². The minimum absolute atomic E-state index is 0.331. The lowest BCUT2D eigenvalue weighted by molar-refractivity contribution is -0.407. The Morgan fingerprint density at radius 2 is 1.41 bits per heavy atom. The van der Waals surface area contributed by atoms with Crippen LogP contribution in [0.25, 0.3) is 0 Å². The van der Waals surface area contributed by atoms with Crippen molar-refractivity contribution in [3.05, 3.63) is 0 Å². The number of halogens is 6. The van der Waals surface area contributed by atoms with Crippen LogP contribution in [0.3, 0.4) is 0 Å². The van der Waals surface area contributed by atoms with Gasteiger partial charge in [-0.1, -0.05) is 20.3 Å². The van der Waals surface area contributed by atoms with Gasteiger partial charge in [-0.15, -0.1) is 0 Å². The number of hydrogen-bond donors (Lipinski definition) is 0. The Labute approximate surface area is 94.9 Å². The van der Waals surface area contributed by atoms with Gasteiger partial charge in [0.05, 0.1) is 0 Å². The van der Waals surface area contributed by atoms with E-state index < -0.39 is 30.7 Å². The van der Waals surface area contributed by atoms with Gasteiger partial charge in [0, 0.05) is 13.0 Å². The average molecular weight is 268 g/mol. The molecule has 0 saturated heterocycles. The molecule has 2 nitrogen and oxygen atoms in total. The maximum absolute atomic E-state index is 12.7. The van der Waals surface area contributed by atoms with Crippen molar-refractivity contribution in [2.24, 2.45) is 5.92 Å². The second kappa shape index (κ2) is 5.43. The third-order valence-corrected chi connectivity index (χ3v) is 2.55. The van der Waals surface area contributed by atoms with Gasteiger partial charge in [-0.3, -0.25) is 0 Å². The summed E-state index contributed by atoms with van der Waals surface area (Å²) in [7, 11) is 0.953. The van der Waals surface area contributed by atoms with Gasteiger partial charge in [-0.25, -0.2) is 0 Å². The molecule has 104 valence electrons. The fourth-order valence-corrected chi connectivity index (χ4v) is 1.46. The predicted molar refractivity (Wildman–Crippen MR) is 47.3 cm³/mol. The van der Waals surface area contributed by atoms with E-state index in [0.29, 0.717) is 0 Å². The van der Waals surface area contributed by atoms with Crippen LogP contribution in [0.1, 0.15) is 20.3 Å². The summed E-state index contributed by atoms with van der Waals surface area (Å²) >= 11 is 0. The maximum Gasteiger partial charge on any atom is 0.426 e. The molecule has 0 rings (SSSR count). The molecule has 0 aliphatic rings. The molecule has 0 N–H and O–H groups in total. The lowest BCUT2D eigenvalue weighted by atomic mass is 9.85. The van der Waals surface area contributed by atoms with E-state index in [-0.39, 0.29) is 6.42 Å². The van der Waals surface area contributed by atoms with Crippen LogP contribution < -0.4 is 0 Å². The lowest BCUT2D eigenvalue weighted by Gasteiger charge is -2.40. The first-order valence-corrected chi connectivity index (χ1v) is 4.80. The molecule has 8 heteroatoms. The summed E-state index contributed by atoms with van der Waals surface area (Å²) in [5.41, 5.74) is -4.19. The average Bonchev–Trinajstić information content (AvgIpc) is 2.14. The van der Waals surface area contributed by atoms with Crippen molar-refractivity contribution in [1.29, 1.82) is 0 Å². The second-order valence-corrected chi connectivity index (χ2v) is 3.59. The first-order valence-electron chi connectivity index (χ1n) is 4.80. The molecule has 0 aliphatic carbocycles.